The van der Waals surface area contributed by atoms with Crippen LogP contribution in [0, 0.1) is 11.7 Å². The lowest BCUT2D eigenvalue weighted by Crippen LogP contribution is -2.40. The Kier molecular flexibility index (Phi) is 5.90. The Morgan fingerprint density at radius 2 is 2.00 bits per heavy atom. The van der Waals surface area contributed by atoms with Crippen LogP contribution in [-0.2, 0) is 22.6 Å². The Labute approximate surface area is 183 Å². The summed E-state index contributed by atoms with van der Waals surface area (Å²) in [4.78, 5) is 46.1. The van der Waals surface area contributed by atoms with Crippen LogP contribution in [-0.4, -0.2) is 46.9 Å². The molecule has 1 aromatic carbocycles. The molecular formula is C21H24FN5O3S. The van der Waals surface area contributed by atoms with Crippen LogP contribution in [0.4, 0.5) is 20.0 Å². The van der Waals surface area contributed by atoms with E-state index in [1.54, 1.807) is 21.9 Å². The van der Waals surface area contributed by atoms with Crippen molar-refractivity contribution in [1.82, 2.24) is 15.2 Å². The Morgan fingerprint density at radius 3 is 2.71 bits per heavy atom. The molecular weight excluding hydrogens is 421 g/mol. The van der Waals surface area contributed by atoms with Gasteiger partial charge in [0.25, 0.3) is 0 Å². The Balaban J connectivity index is 1.39. The minimum atomic E-state index is -0.429. The van der Waals surface area contributed by atoms with Crippen LogP contribution in [0.1, 0.15) is 30.8 Å². The predicted octanol–water partition coefficient (Wildman–Crippen LogP) is 2.75. The number of amides is 4. The summed E-state index contributed by atoms with van der Waals surface area (Å²) in [5.74, 6) is -0.999. The number of aromatic nitrogens is 1. The quantitative estimate of drug-likeness (QED) is 0.757. The number of halogens is 1. The van der Waals surface area contributed by atoms with Gasteiger partial charge in [-0.05, 0) is 38.1 Å². The molecule has 1 fully saturated rings. The van der Waals surface area contributed by atoms with Crippen molar-refractivity contribution in [3.8, 4) is 0 Å². The van der Waals surface area contributed by atoms with Crippen molar-refractivity contribution in [2.24, 2.45) is 5.92 Å². The molecule has 0 saturated carbocycles. The lowest BCUT2D eigenvalue weighted by atomic mass is 10.1. The summed E-state index contributed by atoms with van der Waals surface area (Å²) in [6, 6.07) is 5.43. The smallest absolute Gasteiger partial charge is 0.321 e. The molecule has 2 aliphatic rings. The molecule has 4 amide bonds. The number of carbonyl (C=O) groups excluding carboxylic acids is 3. The van der Waals surface area contributed by atoms with Crippen LogP contribution in [0.25, 0.3) is 0 Å². The van der Waals surface area contributed by atoms with Gasteiger partial charge in [0.05, 0.1) is 18.2 Å². The molecule has 1 atom stereocenters. The highest BCUT2D eigenvalue weighted by molar-refractivity contribution is 7.15. The molecule has 31 heavy (non-hydrogen) atoms. The van der Waals surface area contributed by atoms with Crippen LogP contribution in [0.15, 0.2) is 24.3 Å². The summed E-state index contributed by atoms with van der Waals surface area (Å²) in [6.07, 6.45) is 0.748. The summed E-state index contributed by atoms with van der Waals surface area (Å²) >= 11 is 1.36. The molecule has 3 heterocycles. The Morgan fingerprint density at radius 1 is 1.26 bits per heavy atom. The van der Waals surface area contributed by atoms with Crippen LogP contribution in [0.2, 0.25) is 0 Å². The molecule has 2 aliphatic heterocycles. The fraction of sp³-hybridized carbons (Fsp3) is 0.429. The fourth-order valence-electron chi connectivity index (χ4n) is 3.83. The third-order valence-corrected chi connectivity index (χ3v) is 6.29. The van der Waals surface area contributed by atoms with Crippen LogP contribution in [0.5, 0.6) is 0 Å². The van der Waals surface area contributed by atoms with Gasteiger partial charge >= 0.3 is 6.03 Å². The molecule has 10 heteroatoms. The van der Waals surface area contributed by atoms with Gasteiger partial charge < -0.3 is 15.1 Å². The number of benzene rings is 1. The van der Waals surface area contributed by atoms with Crippen LogP contribution < -0.4 is 15.5 Å². The summed E-state index contributed by atoms with van der Waals surface area (Å²) in [6.45, 7) is 4.98. The van der Waals surface area contributed by atoms with E-state index in [9.17, 15) is 18.8 Å². The van der Waals surface area contributed by atoms with E-state index in [2.05, 4.69) is 15.6 Å². The maximum atomic E-state index is 13.2. The van der Waals surface area contributed by atoms with Gasteiger partial charge in [0.2, 0.25) is 11.8 Å². The molecule has 2 aromatic rings. The SMILES string of the molecule is CC(C)NC(=O)Nc1nc2c(s1)CN(C(=O)C1CC(=O)N(c3ccc(F)cc3)C1)CC2. The number of anilines is 2. The molecule has 1 aromatic heterocycles. The van der Waals surface area contributed by atoms with Crippen molar-refractivity contribution in [3.63, 3.8) is 0 Å². The second-order valence-electron chi connectivity index (χ2n) is 8.03. The summed E-state index contributed by atoms with van der Waals surface area (Å²) in [7, 11) is 0. The van der Waals surface area contributed by atoms with E-state index in [0.29, 0.717) is 30.3 Å². The second-order valence-corrected chi connectivity index (χ2v) is 9.12. The zero-order valence-electron chi connectivity index (χ0n) is 17.4. The Hall–Kier alpha value is -3.01. The highest BCUT2D eigenvalue weighted by Gasteiger charge is 2.38. The van der Waals surface area contributed by atoms with Crippen LogP contribution in [0.3, 0.4) is 0 Å². The molecule has 0 aliphatic carbocycles. The Bertz CT molecular complexity index is 1010. The molecule has 8 nitrogen and oxygen atoms in total. The first-order chi connectivity index (χ1) is 14.8. The number of thiazole rings is 1. The van der Waals surface area contributed by atoms with Gasteiger partial charge in [-0.3, -0.25) is 14.9 Å². The molecule has 4 rings (SSSR count). The summed E-state index contributed by atoms with van der Waals surface area (Å²) in [5.41, 5.74) is 1.49. The largest absolute Gasteiger partial charge is 0.337 e. The molecule has 0 bridgehead atoms. The van der Waals surface area contributed by atoms with E-state index in [-0.39, 0.29) is 42.7 Å². The number of nitrogens with zero attached hydrogens (tertiary/aromatic N) is 3. The molecule has 1 saturated heterocycles. The minimum absolute atomic E-state index is 0.0197. The van der Waals surface area contributed by atoms with E-state index in [0.717, 1.165) is 10.6 Å². The normalized spacial score (nSPS) is 18.3. The minimum Gasteiger partial charge on any atom is -0.337 e. The van der Waals surface area contributed by atoms with Crippen molar-refractivity contribution in [3.05, 3.63) is 40.7 Å². The highest BCUT2D eigenvalue weighted by Crippen LogP contribution is 2.31. The zero-order chi connectivity index (χ0) is 22.1. The van der Waals surface area contributed by atoms with E-state index in [1.165, 1.54) is 23.5 Å². The molecule has 164 valence electrons. The number of carbonyl (C=O) groups is 3. The number of hydrogen-bond acceptors (Lipinski definition) is 5. The van der Waals surface area contributed by atoms with Gasteiger partial charge in [0.15, 0.2) is 5.13 Å². The summed E-state index contributed by atoms with van der Waals surface area (Å²) < 4.78 is 13.2. The average molecular weight is 446 g/mol. The lowest BCUT2D eigenvalue weighted by Gasteiger charge is -2.28. The van der Waals surface area contributed by atoms with Crippen molar-refractivity contribution in [2.75, 3.05) is 23.3 Å². The number of hydrogen-bond donors (Lipinski definition) is 2. The highest BCUT2D eigenvalue weighted by atomic mass is 32.1. The van der Waals surface area contributed by atoms with Gasteiger partial charge in [-0.2, -0.15) is 0 Å². The first-order valence-corrected chi connectivity index (χ1v) is 11.0. The third-order valence-electron chi connectivity index (χ3n) is 5.30. The van der Waals surface area contributed by atoms with Crippen LogP contribution >= 0.6 is 11.3 Å². The number of urea groups is 1. The van der Waals surface area contributed by atoms with Crippen molar-refractivity contribution >= 4 is 40.0 Å². The molecule has 1 unspecified atom stereocenters. The molecule has 0 radical (unpaired) electrons. The standard InChI is InChI=1S/C21H24FN5O3S/c1-12(2)23-20(30)25-21-24-16-7-8-26(11-17(16)31-21)19(29)13-9-18(28)27(10-13)15-5-3-14(22)4-6-15/h3-6,12-13H,7-11H2,1-2H3,(H2,23,24,25,30). The second kappa shape index (κ2) is 8.62. The maximum absolute atomic E-state index is 13.2. The van der Waals surface area contributed by atoms with Gasteiger partial charge in [0, 0.05) is 42.5 Å². The van der Waals surface area contributed by atoms with Crippen molar-refractivity contribution < 1.29 is 18.8 Å². The number of rotatable bonds is 4. The first kappa shape index (κ1) is 21.2. The molecule has 0 spiro atoms. The fourth-order valence-corrected chi connectivity index (χ4v) is 4.85. The average Bonchev–Trinajstić information content (AvgIpc) is 3.29. The van der Waals surface area contributed by atoms with Gasteiger partial charge in [-0.15, -0.1) is 0 Å². The van der Waals surface area contributed by atoms with Gasteiger partial charge in [-0.1, -0.05) is 11.3 Å². The zero-order valence-corrected chi connectivity index (χ0v) is 18.2. The first-order valence-electron chi connectivity index (χ1n) is 10.2. The monoisotopic (exact) mass is 445 g/mol. The van der Waals surface area contributed by atoms with Gasteiger partial charge in [0.1, 0.15) is 5.82 Å². The van der Waals surface area contributed by atoms with Gasteiger partial charge in [-0.25, -0.2) is 14.2 Å². The number of fused-ring (bicyclic) bond motifs is 1. The molecule has 2 N–H and O–H groups in total. The van der Waals surface area contributed by atoms with Crippen molar-refractivity contribution in [1.29, 1.82) is 0 Å². The van der Waals surface area contributed by atoms with E-state index >= 15 is 0 Å². The summed E-state index contributed by atoms with van der Waals surface area (Å²) in [5, 5.41) is 6.00. The van der Waals surface area contributed by atoms with E-state index in [1.807, 2.05) is 13.8 Å². The van der Waals surface area contributed by atoms with E-state index < -0.39 is 5.92 Å². The number of nitrogens with one attached hydrogen (secondary N) is 2. The third kappa shape index (κ3) is 4.68. The maximum Gasteiger partial charge on any atom is 0.321 e. The van der Waals surface area contributed by atoms with E-state index in [4.69, 9.17) is 0 Å². The topological polar surface area (TPSA) is 94.6 Å². The van der Waals surface area contributed by atoms with Crippen molar-refractivity contribution in [2.45, 2.75) is 39.3 Å². The predicted molar refractivity (Wildman–Crippen MR) is 115 cm³/mol. The lowest BCUT2D eigenvalue weighted by molar-refractivity contribution is -0.136.